The van der Waals surface area contributed by atoms with Crippen molar-refractivity contribution in [2.75, 3.05) is 0 Å². The van der Waals surface area contributed by atoms with Crippen molar-refractivity contribution in [1.29, 1.82) is 0 Å². The molecule has 8 heteroatoms. The van der Waals surface area contributed by atoms with Crippen molar-refractivity contribution in [3.05, 3.63) is 74.9 Å². The molecule has 1 fully saturated rings. The highest BCUT2D eigenvalue weighted by atomic mass is 32.2. The number of hydrogen-bond acceptors (Lipinski definition) is 5. The van der Waals surface area contributed by atoms with Crippen molar-refractivity contribution in [3.8, 4) is 0 Å². The highest BCUT2D eigenvalue weighted by molar-refractivity contribution is 8.18. The number of nitro groups is 1. The third-order valence-electron chi connectivity index (χ3n) is 3.13. The van der Waals surface area contributed by atoms with Crippen molar-refractivity contribution < 1.29 is 14.1 Å². The van der Waals surface area contributed by atoms with Crippen LogP contribution in [-0.2, 0) is 4.79 Å². The molecule has 2 aromatic rings. The summed E-state index contributed by atoms with van der Waals surface area (Å²) < 4.78 is 13.6. The largest absolute Gasteiger partial charge is 0.300 e. The molecule has 120 valence electrons. The minimum atomic E-state index is -0.493. The average Bonchev–Trinajstić information content (AvgIpc) is 2.90. The van der Waals surface area contributed by atoms with E-state index in [-0.39, 0.29) is 22.4 Å². The van der Waals surface area contributed by atoms with Crippen LogP contribution in [0.15, 0.2) is 58.4 Å². The summed E-state index contributed by atoms with van der Waals surface area (Å²) in [5.41, 5.74) is 0.754. The second-order valence-corrected chi connectivity index (χ2v) is 5.81. The molecule has 1 N–H and O–H groups in total. The molecule has 1 amide bonds. The number of halogens is 1. The van der Waals surface area contributed by atoms with Gasteiger partial charge in [0.15, 0.2) is 5.17 Å². The van der Waals surface area contributed by atoms with Crippen LogP contribution in [0.1, 0.15) is 5.56 Å². The Balaban J connectivity index is 1.82. The fourth-order valence-electron chi connectivity index (χ4n) is 1.98. The van der Waals surface area contributed by atoms with Gasteiger partial charge in [-0.2, -0.15) is 0 Å². The van der Waals surface area contributed by atoms with Gasteiger partial charge < -0.3 is 5.32 Å². The first kappa shape index (κ1) is 15.9. The highest BCUT2D eigenvalue weighted by Gasteiger charge is 2.24. The summed E-state index contributed by atoms with van der Waals surface area (Å²) in [5, 5.41) is 13.5. The summed E-state index contributed by atoms with van der Waals surface area (Å²) in [6.45, 7) is 0. The van der Waals surface area contributed by atoms with E-state index in [4.69, 9.17) is 0 Å². The molecule has 1 aliphatic heterocycles. The third-order valence-corrected chi connectivity index (χ3v) is 4.04. The first-order valence-electron chi connectivity index (χ1n) is 6.81. The zero-order chi connectivity index (χ0) is 17.1. The molecule has 1 aliphatic rings. The molecule has 0 saturated carbocycles. The molecule has 0 bridgehead atoms. The monoisotopic (exact) mass is 343 g/mol. The van der Waals surface area contributed by atoms with Crippen LogP contribution < -0.4 is 5.32 Å². The molecule has 0 aliphatic carbocycles. The summed E-state index contributed by atoms with van der Waals surface area (Å²) in [6.07, 6.45) is 1.59. The lowest BCUT2D eigenvalue weighted by molar-refractivity contribution is -0.384. The van der Waals surface area contributed by atoms with E-state index in [1.54, 1.807) is 30.3 Å². The number of aliphatic imine (C=N–C) groups is 1. The molecular weight excluding hydrogens is 333 g/mol. The van der Waals surface area contributed by atoms with Gasteiger partial charge in [0.1, 0.15) is 11.5 Å². The Morgan fingerprint density at radius 2 is 1.88 bits per heavy atom. The maximum atomic E-state index is 13.6. The van der Waals surface area contributed by atoms with Crippen molar-refractivity contribution in [2.45, 2.75) is 0 Å². The lowest BCUT2D eigenvalue weighted by Crippen LogP contribution is -2.19. The van der Waals surface area contributed by atoms with Gasteiger partial charge in [0, 0.05) is 12.1 Å². The van der Waals surface area contributed by atoms with E-state index in [0.29, 0.717) is 10.5 Å². The Kier molecular flexibility index (Phi) is 4.39. The number of carbonyl (C=O) groups is 1. The van der Waals surface area contributed by atoms with E-state index >= 15 is 0 Å². The third kappa shape index (κ3) is 3.49. The van der Waals surface area contributed by atoms with Gasteiger partial charge in [-0.15, -0.1) is 0 Å². The van der Waals surface area contributed by atoms with Gasteiger partial charge in [-0.25, -0.2) is 9.38 Å². The van der Waals surface area contributed by atoms with Crippen LogP contribution in [0.25, 0.3) is 6.08 Å². The number of nitrogens with one attached hydrogen (secondary N) is 1. The molecule has 2 aromatic carbocycles. The van der Waals surface area contributed by atoms with Crippen LogP contribution in [0.2, 0.25) is 0 Å². The van der Waals surface area contributed by atoms with Crippen molar-refractivity contribution in [3.63, 3.8) is 0 Å². The van der Waals surface area contributed by atoms with Crippen molar-refractivity contribution >= 4 is 40.3 Å². The van der Waals surface area contributed by atoms with Gasteiger partial charge >= 0.3 is 0 Å². The van der Waals surface area contributed by atoms with Crippen molar-refractivity contribution in [2.24, 2.45) is 4.99 Å². The molecule has 0 unspecified atom stereocenters. The minimum Gasteiger partial charge on any atom is -0.300 e. The van der Waals surface area contributed by atoms with E-state index in [9.17, 15) is 19.3 Å². The Morgan fingerprint density at radius 3 is 2.54 bits per heavy atom. The summed E-state index contributed by atoms with van der Waals surface area (Å²) in [4.78, 5) is 26.5. The predicted molar refractivity (Wildman–Crippen MR) is 90.3 cm³/mol. The second-order valence-electron chi connectivity index (χ2n) is 4.78. The molecule has 24 heavy (non-hydrogen) atoms. The molecular formula is C16H10FN3O3S. The zero-order valence-electron chi connectivity index (χ0n) is 12.1. The van der Waals surface area contributed by atoms with E-state index in [1.165, 1.54) is 24.3 Å². The van der Waals surface area contributed by atoms with E-state index in [1.807, 2.05) is 0 Å². The van der Waals surface area contributed by atoms with Crippen LogP contribution in [0.3, 0.4) is 0 Å². The van der Waals surface area contributed by atoms with Crippen molar-refractivity contribution in [1.82, 2.24) is 5.32 Å². The number of amides is 1. The van der Waals surface area contributed by atoms with Crippen LogP contribution in [0.4, 0.5) is 15.8 Å². The van der Waals surface area contributed by atoms with Crippen LogP contribution in [0, 0.1) is 15.9 Å². The molecule has 0 aromatic heterocycles. The predicted octanol–water partition coefficient (Wildman–Crippen LogP) is 3.63. The van der Waals surface area contributed by atoms with Crippen LogP contribution >= 0.6 is 11.8 Å². The lowest BCUT2D eigenvalue weighted by atomic mass is 10.2. The first-order valence-corrected chi connectivity index (χ1v) is 7.63. The number of carbonyl (C=O) groups excluding carboxylic acids is 1. The number of rotatable bonds is 3. The van der Waals surface area contributed by atoms with Gasteiger partial charge in [-0.05, 0) is 47.7 Å². The first-order chi connectivity index (χ1) is 11.5. The van der Waals surface area contributed by atoms with Gasteiger partial charge in [-0.1, -0.05) is 12.1 Å². The molecule has 0 atom stereocenters. The smallest absolute Gasteiger partial charge is 0.269 e. The Bertz CT molecular complexity index is 878. The maximum Gasteiger partial charge on any atom is 0.269 e. The fourth-order valence-corrected chi connectivity index (χ4v) is 2.81. The normalized spacial score (nSPS) is 17.3. The summed E-state index contributed by atoms with van der Waals surface area (Å²) in [5.74, 6) is -0.832. The van der Waals surface area contributed by atoms with Gasteiger partial charge in [0.2, 0.25) is 0 Å². The highest BCUT2D eigenvalue weighted by Crippen LogP contribution is 2.29. The molecule has 1 saturated heterocycles. The topological polar surface area (TPSA) is 84.6 Å². The quantitative estimate of drug-likeness (QED) is 0.524. The summed E-state index contributed by atoms with van der Waals surface area (Å²) in [6, 6.07) is 11.8. The Hall–Kier alpha value is -3.00. The van der Waals surface area contributed by atoms with Crippen LogP contribution in [-0.4, -0.2) is 16.0 Å². The molecule has 0 spiro atoms. The Labute approximate surface area is 140 Å². The molecule has 0 radical (unpaired) electrons. The molecule has 3 rings (SSSR count). The molecule has 1 heterocycles. The van der Waals surface area contributed by atoms with E-state index < -0.39 is 10.7 Å². The fraction of sp³-hybridized carbons (Fsp3) is 0. The van der Waals surface area contributed by atoms with Gasteiger partial charge in [0.05, 0.1) is 9.83 Å². The number of amidine groups is 1. The standard InChI is InChI=1S/C16H10FN3O3S/c17-12-3-1-2-4-13(12)18-16-19-15(21)14(24-16)9-10-5-7-11(8-6-10)20(22)23/h1-9H,(H,18,19,21)/b14-9-. The lowest BCUT2D eigenvalue weighted by Gasteiger charge is -1.97. The summed E-state index contributed by atoms with van der Waals surface area (Å²) in [7, 11) is 0. The van der Waals surface area contributed by atoms with Gasteiger partial charge in [0.25, 0.3) is 11.6 Å². The van der Waals surface area contributed by atoms with E-state index in [0.717, 1.165) is 11.8 Å². The minimum absolute atomic E-state index is 0.0255. The van der Waals surface area contributed by atoms with Crippen LogP contribution in [0.5, 0.6) is 0 Å². The SMILES string of the molecule is O=C1NC(=Nc2ccccc2F)S/C1=C\c1ccc([N+](=O)[O-])cc1. The number of thioether (sulfide) groups is 1. The number of nitro benzene ring substituents is 1. The summed E-state index contributed by atoms with van der Waals surface area (Å²) >= 11 is 1.08. The van der Waals surface area contributed by atoms with E-state index in [2.05, 4.69) is 10.3 Å². The number of hydrogen-bond donors (Lipinski definition) is 1. The number of para-hydroxylation sites is 1. The number of benzene rings is 2. The zero-order valence-corrected chi connectivity index (χ0v) is 12.9. The number of non-ortho nitro benzene ring substituents is 1. The average molecular weight is 343 g/mol. The Morgan fingerprint density at radius 1 is 1.17 bits per heavy atom. The number of nitrogens with zero attached hydrogens (tertiary/aromatic N) is 2. The molecule has 6 nitrogen and oxygen atoms in total. The second kappa shape index (κ2) is 6.63. The maximum absolute atomic E-state index is 13.6. The van der Waals surface area contributed by atoms with Gasteiger partial charge in [-0.3, -0.25) is 14.9 Å².